The highest BCUT2D eigenvalue weighted by atomic mass is 35.5. The van der Waals surface area contributed by atoms with Gasteiger partial charge in [-0.15, -0.1) is 0 Å². The van der Waals surface area contributed by atoms with Crippen LogP contribution in [0.25, 0.3) is 0 Å². The molecule has 0 aliphatic rings. The van der Waals surface area contributed by atoms with Crippen molar-refractivity contribution in [3.8, 4) is 0 Å². The predicted molar refractivity (Wildman–Crippen MR) is 107 cm³/mol. The number of carbonyl (C=O) groups is 2. The Bertz CT molecular complexity index is 1020. The van der Waals surface area contributed by atoms with Crippen LogP contribution in [-0.2, 0) is 10.2 Å². The molecule has 0 unspecified atom stereocenters. The molecule has 3 aromatic rings. The third-order valence-corrected chi connectivity index (χ3v) is 4.74. The molecule has 0 aliphatic heterocycles. The van der Waals surface area contributed by atoms with Crippen LogP contribution in [0.5, 0.6) is 0 Å². The lowest BCUT2D eigenvalue weighted by atomic mass is 9.83. The van der Waals surface area contributed by atoms with E-state index < -0.39 is 5.41 Å². The SMILES string of the molecule is CC(C)(C(=O)Nc1ccc(Cl)cc1C(=O)c1ccccn1)c1ccc(F)cc1. The van der Waals surface area contributed by atoms with Gasteiger partial charge in [0.1, 0.15) is 11.5 Å². The van der Waals surface area contributed by atoms with Crippen LogP contribution in [0.1, 0.15) is 35.5 Å². The smallest absolute Gasteiger partial charge is 0.234 e. The number of benzene rings is 2. The van der Waals surface area contributed by atoms with Crippen molar-refractivity contribution in [1.82, 2.24) is 4.98 Å². The fourth-order valence-corrected chi connectivity index (χ4v) is 2.90. The summed E-state index contributed by atoms with van der Waals surface area (Å²) in [7, 11) is 0. The summed E-state index contributed by atoms with van der Waals surface area (Å²) in [6, 6.07) is 15.4. The van der Waals surface area contributed by atoms with Crippen molar-refractivity contribution in [1.29, 1.82) is 0 Å². The number of hydrogen-bond donors (Lipinski definition) is 1. The van der Waals surface area contributed by atoms with E-state index in [1.807, 2.05) is 0 Å². The Balaban J connectivity index is 1.93. The van der Waals surface area contributed by atoms with Crippen molar-refractivity contribution in [2.75, 3.05) is 5.32 Å². The van der Waals surface area contributed by atoms with Gasteiger partial charge in [0.15, 0.2) is 0 Å². The number of carbonyl (C=O) groups excluding carboxylic acids is 2. The van der Waals surface area contributed by atoms with Crippen molar-refractivity contribution in [2.45, 2.75) is 19.3 Å². The van der Waals surface area contributed by atoms with Gasteiger partial charge >= 0.3 is 0 Å². The molecular formula is C22H18ClFN2O2. The van der Waals surface area contributed by atoms with Gasteiger partial charge < -0.3 is 5.32 Å². The highest BCUT2D eigenvalue weighted by molar-refractivity contribution is 6.31. The van der Waals surface area contributed by atoms with E-state index >= 15 is 0 Å². The van der Waals surface area contributed by atoms with E-state index in [0.717, 1.165) is 0 Å². The molecule has 1 N–H and O–H groups in total. The van der Waals surface area contributed by atoms with Crippen LogP contribution in [0.15, 0.2) is 66.9 Å². The fourth-order valence-electron chi connectivity index (χ4n) is 2.72. The summed E-state index contributed by atoms with van der Waals surface area (Å²) in [6.45, 7) is 3.46. The summed E-state index contributed by atoms with van der Waals surface area (Å²) in [6.07, 6.45) is 1.52. The summed E-state index contributed by atoms with van der Waals surface area (Å²) in [5, 5.41) is 3.17. The number of anilines is 1. The first-order chi connectivity index (χ1) is 13.3. The van der Waals surface area contributed by atoms with Crippen molar-refractivity contribution >= 4 is 29.0 Å². The minimum atomic E-state index is -0.946. The molecule has 1 heterocycles. The summed E-state index contributed by atoms with van der Waals surface area (Å²) in [5.74, 6) is -1.06. The van der Waals surface area contributed by atoms with E-state index in [0.29, 0.717) is 16.3 Å². The maximum atomic E-state index is 13.2. The quantitative estimate of drug-likeness (QED) is 0.616. The maximum Gasteiger partial charge on any atom is 0.234 e. The number of halogens is 2. The Labute approximate surface area is 167 Å². The average Bonchev–Trinajstić information content (AvgIpc) is 2.69. The van der Waals surface area contributed by atoms with E-state index in [1.165, 1.54) is 24.4 Å². The lowest BCUT2D eigenvalue weighted by Gasteiger charge is -2.25. The number of rotatable bonds is 5. The van der Waals surface area contributed by atoms with Crippen LogP contribution in [0, 0.1) is 5.82 Å². The summed E-state index contributed by atoms with van der Waals surface area (Å²) in [5.41, 5.74) is 0.532. The van der Waals surface area contributed by atoms with E-state index in [4.69, 9.17) is 11.6 Å². The summed E-state index contributed by atoms with van der Waals surface area (Å²) < 4.78 is 13.2. The number of nitrogens with zero attached hydrogens (tertiary/aromatic N) is 1. The molecule has 0 saturated carbocycles. The molecule has 4 nitrogen and oxygen atoms in total. The zero-order chi connectivity index (χ0) is 20.3. The van der Waals surface area contributed by atoms with Crippen LogP contribution in [-0.4, -0.2) is 16.7 Å². The van der Waals surface area contributed by atoms with E-state index in [2.05, 4.69) is 10.3 Å². The van der Waals surface area contributed by atoms with Crippen molar-refractivity contribution in [2.24, 2.45) is 0 Å². The first-order valence-electron chi connectivity index (χ1n) is 8.62. The number of pyridine rings is 1. The molecule has 1 aromatic heterocycles. The van der Waals surface area contributed by atoms with E-state index in [9.17, 15) is 14.0 Å². The van der Waals surface area contributed by atoms with Crippen LogP contribution in [0.4, 0.5) is 10.1 Å². The summed E-state index contributed by atoms with van der Waals surface area (Å²) in [4.78, 5) is 29.9. The predicted octanol–water partition coefficient (Wildman–Crippen LogP) is 5.02. The third-order valence-electron chi connectivity index (χ3n) is 4.51. The molecule has 3 rings (SSSR count). The zero-order valence-corrected chi connectivity index (χ0v) is 16.1. The van der Waals surface area contributed by atoms with Gasteiger partial charge in [-0.2, -0.15) is 0 Å². The number of amides is 1. The highest BCUT2D eigenvalue weighted by Gasteiger charge is 2.31. The normalized spacial score (nSPS) is 11.1. The average molecular weight is 397 g/mol. The molecule has 0 radical (unpaired) electrons. The Kier molecular flexibility index (Phi) is 5.56. The molecule has 0 bridgehead atoms. The molecular weight excluding hydrogens is 379 g/mol. The molecule has 0 saturated heterocycles. The molecule has 142 valence electrons. The van der Waals surface area contributed by atoms with Gasteiger partial charge in [0, 0.05) is 16.8 Å². The standard InChI is InChI=1S/C22H18ClFN2O2/c1-22(2,14-6-9-16(24)10-7-14)21(28)26-18-11-8-15(23)13-17(18)20(27)19-5-3-4-12-25-19/h3-13H,1-2H3,(H,26,28). The first-order valence-corrected chi connectivity index (χ1v) is 8.99. The molecule has 2 aromatic carbocycles. The lowest BCUT2D eigenvalue weighted by molar-refractivity contribution is -0.120. The van der Waals surface area contributed by atoms with Gasteiger partial charge in [-0.25, -0.2) is 4.39 Å². The van der Waals surface area contributed by atoms with Crippen LogP contribution in [0.3, 0.4) is 0 Å². The fraction of sp³-hybridized carbons (Fsp3) is 0.136. The maximum absolute atomic E-state index is 13.2. The molecule has 0 atom stereocenters. The Hall–Kier alpha value is -3.05. The molecule has 0 spiro atoms. The molecule has 0 fully saturated rings. The second kappa shape index (κ2) is 7.90. The van der Waals surface area contributed by atoms with Crippen molar-refractivity contribution < 1.29 is 14.0 Å². The van der Waals surface area contributed by atoms with Gasteiger partial charge in [-0.05, 0) is 61.9 Å². The van der Waals surface area contributed by atoms with Gasteiger partial charge in [-0.3, -0.25) is 14.6 Å². The third kappa shape index (κ3) is 4.10. The Morgan fingerprint density at radius 2 is 1.75 bits per heavy atom. The van der Waals surface area contributed by atoms with Crippen LogP contribution >= 0.6 is 11.6 Å². The van der Waals surface area contributed by atoms with Gasteiger partial charge in [-0.1, -0.05) is 29.8 Å². The van der Waals surface area contributed by atoms with Gasteiger partial charge in [0.2, 0.25) is 11.7 Å². The number of ketones is 1. The van der Waals surface area contributed by atoms with Crippen molar-refractivity contribution in [3.63, 3.8) is 0 Å². The lowest BCUT2D eigenvalue weighted by Crippen LogP contribution is -2.35. The molecule has 0 aliphatic carbocycles. The minimum absolute atomic E-state index is 0.245. The Morgan fingerprint density at radius 3 is 2.39 bits per heavy atom. The van der Waals surface area contributed by atoms with E-state index in [-0.39, 0.29) is 28.8 Å². The van der Waals surface area contributed by atoms with E-state index in [1.54, 1.807) is 56.3 Å². The van der Waals surface area contributed by atoms with Gasteiger partial charge in [0.25, 0.3) is 0 Å². The number of nitrogens with one attached hydrogen (secondary N) is 1. The highest BCUT2D eigenvalue weighted by Crippen LogP contribution is 2.28. The van der Waals surface area contributed by atoms with Crippen LogP contribution < -0.4 is 5.32 Å². The van der Waals surface area contributed by atoms with Gasteiger partial charge in [0.05, 0.1) is 11.1 Å². The minimum Gasteiger partial charge on any atom is -0.325 e. The zero-order valence-electron chi connectivity index (χ0n) is 15.4. The van der Waals surface area contributed by atoms with Crippen LogP contribution in [0.2, 0.25) is 5.02 Å². The topological polar surface area (TPSA) is 59.1 Å². The largest absolute Gasteiger partial charge is 0.325 e. The second-order valence-electron chi connectivity index (χ2n) is 6.82. The molecule has 6 heteroatoms. The molecule has 28 heavy (non-hydrogen) atoms. The monoisotopic (exact) mass is 396 g/mol. The first kappa shape index (κ1) is 19.7. The number of aromatic nitrogens is 1. The summed E-state index contributed by atoms with van der Waals surface area (Å²) >= 11 is 6.06. The number of hydrogen-bond acceptors (Lipinski definition) is 3. The Morgan fingerprint density at radius 1 is 1.04 bits per heavy atom. The second-order valence-corrected chi connectivity index (χ2v) is 7.26. The van der Waals surface area contributed by atoms with Crippen molar-refractivity contribution in [3.05, 3.63) is 94.5 Å². The molecule has 1 amide bonds.